The second-order valence-electron chi connectivity index (χ2n) is 7.67. The van der Waals surface area contributed by atoms with E-state index in [9.17, 15) is 18.4 Å². The summed E-state index contributed by atoms with van der Waals surface area (Å²) in [4.78, 5) is 34.3. The largest absolute Gasteiger partial charge is 0.343 e. The smallest absolute Gasteiger partial charge is 0.268 e. The third-order valence-corrected chi connectivity index (χ3v) is 5.30. The van der Waals surface area contributed by atoms with Crippen LogP contribution in [0.25, 0.3) is 23.1 Å². The summed E-state index contributed by atoms with van der Waals surface area (Å²) in [6.45, 7) is -1.32. The Morgan fingerprint density at radius 3 is 2.88 bits per heavy atom. The van der Waals surface area contributed by atoms with Crippen LogP contribution in [-0.4, -0.2) is 51.7 Å². The summed E-state index contributed by atoms with van der Waals surface area (Å²) in [6, 6.07) is 11.7. The van der Waals surface area contributed by atoms with Gasteiger partial charge in [0, 0.05) is 41.5 Å². The number of hydrogen-bond donors (Lipinski definition) is 1. The van der Waals surface area contributed by atoms with Gasteiger partial charge in [-0.15, -0.1) is 0 Å². The van der Waals surface area contributed by atoms with Crippen molar-refractivity contribution in [3.8, 4) is 6.07 Å². The second-order valence-corrected chi connectivity index (χ2v) is 7.67. The van der Waals surface area contributed by atoms with Gasteiger partial charge in [0.2, 0.25) is 5.91 Å². The molecule has 1 N–H and O–H groups in total. The lowest BCUT2D eigenvalue weighted by Gasteiger charge is -2.19. The number of halogens is 2. The summed E-state index contributed by atoms with van der Waals surface area (Å²) in [5.41, 5.74) is 2.48. The number of likely N-dealkylation sites (tertiary alicyclic amines) is 1. The molecule has 1 saturated heterocycles. The molecule has 1 aliphatic rings. The molecule has 166 valence electrons. The SMILES string of the molecule is N#CC1CC(F)(F)CN1C(=O)CNC(=O)c1ccncc1/C=C/c1cnc2ccccc2c1. The molecule has 3 aromatic rings. The maximum absolute atomic E-state index is 13.6. The number of nitriles is 1. The molecule has 0 bridgehead atoms. The van der Waals surface area contributed by atoms with E-state index >= 15 is 0 Å². The number of pyridine rings is 2. The molecular weight excluding hydrogens is 428 g/mol. The number of carbonyl (C=O) groups excluding carboxylic acids is 2. The zero-order valence-electron chi connectivity index (χ0n) is 17.4. The van der Waals surface area contributed by atoms with Gasteiger partial charge in [-0.05, 0) is 23.8 Å². The van der Waals surface area contributed by atoms with Crippen LogP contribution in [0.1, 0.15) is 27.9 Å². The van der Waals surface area contributed by atoms with Crippen LogP contribution in [0.4, 0.5) is 8.78 Å². The molecule has 2 aromatic heterocycles. The van der Waals surface area contributed by atoms with Crippen molar-refractivity contribution in [2.75, 3.05) is 13.1 Å². The molecule has 2 amide bonds. The van der Waals surface area contributed by atoms with Crippen molar-refractivity contribution in [1.29, 1.82) is 5.26 Å². The van der Waals surface area contributed by atoms with Gasteiger partial charge < -0.3 is 10.2 Å². The fourth-order valence-electron chi connectivity index (χ4n) is 3.66. The number of alkyl halides is 2. The van der Waals surface area contributed by atoms with Crippen molar-refractivity contribution < 1.29 is 18.4 Å². The number of aromatic nitrogens is 2. The minimum Gasteiger partial charge on any atom is -0.343 e. The van der Waals surface area contributed by atoms with Gasteiger partial charge in [-0.2, -0.15) is 5.26 Å². The highest BCUT2D eigenvalue weighted by molar-refractivity contribution is 6.00. The fraction of sp³-hybridized carbons (Fsp3) is 0.208. The Morgan fingerprint density at radius 2 is 2.06 bits per heavy atom. The maximum atomic E-state index is 13.6. The molecule has 33 heavy (non-hydrogen) atoms. The van der Waals surface area contributed by atoms with Crippen LogP contribution >= 0.6 is 0 Å². The summed E-state index contributed by atoms with van der Waals surface area (Å²) >= 11 is 0. The first kappa shape index (κ1) is 22.0. The average molecular weight is 447 g/mol. The van der Waals surface area contributed by atoms with E-state index in [1.807, 2.05) is 30.3 Å². The maximum Gasteiger partial charge on any atom is 0.268 e. The number of fused-ring (bicyclic) bond motifs is 1. The monoisotopic (exact) mass is 447 g/mol. The van der Waals surface area contributed by atoms with Crippen LogP contribution in [0, 0.1) is 11.3 Å². The molecule has 0 aliphatic carbocycles. The van der Waals surface area contributed by atoms with Crippen molar-refractivity contribution in [3.05, 3.63) is 71.7 Å². The third kappa shape index (κ3) is 5.01. The standard InChI is InChI=1S/C24H19F2N5O2/c25-24(26)10-19(11-27)31(15-24)22(32)14-30-23(33)20-7-8-28-13-18(20)6-5-16-9-17-3-1-2-4-21(17)29-12-16/h1-9,12-13,19H,10,14-15H2,(H,30,33)/b6-5+. The lowest BCUT2D eigenvalue weighted by molar-refractivity contribution is -0.131. The van der Waals surface area contributed by atoms with Crippen molar-refractivity contribution in [3.63, 3.8) is 0 Å². The average Bonchev–Trinajstić information content (AvgIpc) is 3.15. The van der Waals surface area contributed by atoms with Gasteiger partial charge in [-0.25, -0.2) is 8.78 Å². The number of nitrogens with one attached hydrogen (secondary N) is 1. The first-order valence-corrected chi connectivity index (χ1v) is 10.2. The van der Waals surface area contributed by atoms with Gasteiger partial charge in [0.25, 0.3) is 11.8 Å². The fourth-order valence-corrected chi connectivity index (χ4v) is 3.66. The van der Waals surface area contributed by atoms with Crippen molar-refractivity contribution in [2.24, 2.45) is 0 Å². The second kappa shape index (κ2) is 9.12. The summed E-state index contributed by atoms with van der Waals surface area (Å²) in [7, 11) is 0. The molecule has 1 atom stereocenters. The van der Waals surface area contributed by atoms with Gasteiger partial charge >= 0.3 is 0 Å². The van der Waals surface area contributed by atoms with Crippen molar-refractivity contribution in [1.82, 2.24) is 20.2 Å². The molecule has 0 radical (unpaired) electrons. The van der Waals surface area contributed by atoms with E-state index in [2.05, 4.69) is 15.3 Å². The molecule has 1 aromatic carbocycles. The van der Waals surface area contributed by atoms with Crippen molar-refractivity contribution >= 4 is 34.9 Å². The Morgan fingerprint density at radius 1 is 1.24 bits per heavy atom. The molecule has 1 aliphatic heterocycles. The highest BCUT2D eigenvalue weighted by atomic mass is 19.3. The number of benzene rings is 1. The van der Waals surface area contributed by atoms with Crippen molar-refractivity contribution in [2.45, 2.75) is 18.4 Å². The minimum absolute atomic E-state index is 0.270. The zero-order chi connectivity index (χ0) is 23.4. The van der Waals surface area contributed by atoms with E-state index in [0.717, 1.165) is 21.4 Å². The van der Waals surface area contributed by atoms with E-state index in [1.165, 1.54) is 18.5 Å². The summed E-state index contributed by atoms with van der Waals surface area (Å²) in [5, 5.41) is 12.5. The Labute approximate surface area is 188 Å². The van der Waals surface area contributed by atoms with E-state index in [1.54, 1.807) is 24.4 Å². The molecule has 9 heteroatoms. The number of rotatable bonds is 5. The number of para-hydroxylation sites is 1. The number of amides is 2. The Bertz CT molecular complexity index is 1290. The minimum atomic E-state index is -3.11. The zero-order valence-corrected chi connectivity index (χ0v) is 17.4. The highest BCUT2D eigenvalue weighted by Crippen LogP contribution is 2.31. The first-order chi connectivity index (χ1) is 15.9. The molecular formula is C24H19F2N5O2. The normalized spacial score (nSPS) is 17.2. The quantitative estimate of drug-likeness (QED) is 0.647. The first-order valence-electron chi connectivity index (χ1n) is 10.2. The van der Waals surface area contributed by atoms with Crippen LogP contribution in [0.2, 0.25) is 0 Å². The van der Waals surface area contributed by atoms with Gasteiger partial charge in [0.1, 0.15) is 6.04 Å². The van der Waals surface area contributed by atoms with E-state index in [-0.39, 0.29) is 5.56 Å². The van der Waals surface area contributed by atoms with Gasteiger partial charge in [0.05, 0.1) is 24.7 Å². The molecule has 0 saturated carbocycles. The van der Waals surface area contributed by atoms with Gasteiger partial charge in [-0.1, -0.05) is 30.4 Å². The van der Waals surface area contributed by atoms with Crippen LogP contribution in [-0.2, 0) is 4.79 Å². The van der Waals surface area contributed by atoms with Crippen LogP contribution < -0.4 is 5.32 Å². The highest BCUT2D eigenvalue weighted by Gasteiger charge is 2.47. The van der Waals surface area contributed by atoms with E-state index in [4.69, 9.17) is 5.26 Å². The van der Waals surface area contributed by atoms with Crippen LogP contribution in [0.15, 0.2) is 55.0 Å². The number of carbonyl (C=O) groups is 2. The van der Waals surface area contributed by atoms with Gasteiger partial charge in [0.15, 0.2) is 0 Å². The van der Waals surface area contributed by atoms with Crippen LogP contribution in [0.5, 0.6) is 0 Å². The summed E-state index contributed by atoms with van der Waals surface area (Å²) in [5.74, 6) is -4.40. The van der Waals surface area contributed by atoms with E-state index < -0.39 is 43.3 Å². The molecule has 3 heterocycles. The molecule has 0 spiro atoms. The predicted molar refractivity (Wildman–Crippen MR) is 118 cm³/mol. The van der Waals surface area contributed by atoms with Crippen LogP contribution in [0.3, 0.4) is 0 Å². The topological polar surface area (TPSA) is 99.0 Å². The third-order valence-electron chi connectivity index (χ3n) is 5.30. The summed E-state index contributed by atoms with van der Waals surface area (Å²) < 4.78 is 27.1. The molecule has 7 nitrogen and oxygen atoms in total. The predicted octanol–water partition coefficient (Wildman–Crippen LogP) is 3.29. The lowest BCUT2D eigenvalue weighted by Crippen LogP contribution is -2.43. The lowest BCUT2D eigenvalue weighted by atomic mass is 10.1. The Kier molecular flexibility index (Phi) is 6.09. The molecule has 1 unspecified atom stereocenters. The Balaban J connectivity index is 1.45. The Hall–Kier alpha value is -4.19. The molecule has 4 rings (SSSR count). The van der Waals surface area contributed by atoms with Gasteiger partial charge in [-0.3, -0.25) is 19.6 Å². The number of nitrogens with zero attached hydrogens (tertiary/aromatic N) is 4. The summed E-state index contributed by atoms with van der Waals surface area (Å²) in [6.07, 6.45) is 7.47. The van der Waals surface area contributed by atoms with E-state index in [0.29, 0.717) is 5.56 Å². The molecule has 1 fully saturated rings. The number of hydrogen-bond acceptors (Lipinski definition) is 5.